The Kier molecular flexibility index (Phi) is 4.47. The van der Waals surface area contributed by atoms with E-state index < -0.39 is 0 Å². The quantitative estimate of drug-likeness (QED) is 0.897. The summed E-state index contributed by atoms with van der Waals surface area (Å²) in [5.74, 6) is -0.112. The summed E-state index contributed by atoms with van der Waals surface area (Å²) in [4.78, 5) is 4.33. The second kappa shape index (κ2) is 6.29. The van der Waals surface area contributed by atoms with Crippen LogP contribution in [-0.4, -0.2) is 18.6 Å². The summed E-state index contributed by atoms with van der Waals surface area (Å²) < 4.78 is 18.7. The number of hydrogen-bond acceptors (Lipinski definition) is 3. The Morgan fingerprint density at radius 1 is 1.32 bits per heavy atom. The van der Waals surface area contributed by atoms with Crippen molar-refractivity contribution in [3.05, 3.63) is 59.7 Å². The van der Waals surface area contributed by atoms with Crippen LogP contribution in [0, 0.1) is 5.82 Å². The van der Waals surface area contributed by atoms with Crippen LogP contribution in [0.25, 0.3) is 0 Å². The molecule has 1 atom stereocenters. The molecule has 0 aliphatic heterocycles. The van der Waals surface area contributed by atoms with E-state index in [1.54, 1.807) is 12.3 Å². The van der Waals surface area contributed by atoms with E-state index in [2.05, 4.69) is 10.3 Å². The van der Waals surface area contributed by atoms with E-state index in [-0.39, 0.29) is 17.6 Å². The normalized spacial score (nSPS) is 12.2. The second-order valence-corrected chi connectivity index (χ2v) is 4.14. The Morgan fingerprint density at radius 2 is 2.16 bits per heavy atom. The number of methoxy groups -OCH3 is 1. The molecule has 0 saturated carbocycles. The van der Waals surface area contributed by atoms with Gasteiger partial charge in [0.05, 0.1) is 18.8 Å². The summed E-state index contributed by atoms with van der Waals surface area (Å²) >= 11 is 0. The van der Waals surface area contributed by atoms with Crippen LogP contribution < -0.4 is 10.1 Å². The van der Waals surface area contributed by atoms with E-state index in [0.29, 0.717) is 0 Å². The zero-order valence-electron chi connectivity index (χ0n) is 11.1. The first-order valence-electron chi connectivity index (χ1n) is 6.24. The number of nitrogens with zero attached hydrogens (tertiary/aromatic N) is 1. The monoisotopic (exact) mass is 260 g/mol. The van der Waals surface area contributed by atoms with Crippen molar-refractivity contribution < 1.29 is 9.13 Å². The fraction of sp³-hybridized carbons (Fsp3) is 0.267. The van der Waals surface area contributed by atoms with Crippen LogP contribution in [0.5, 0.6) is 5.75 Å². The molecule has 0 spiro atoms. The van der Waals surface area contributed by atoms with Crippen LogP contribution in [0.2, 0.25) is 0 Å². The van der Waals surface area contributed by atoms with Gasteiger partial charge in [-0.05, 0) is 36.4 Å². The molecule has 4 heteroatoms. The molecule has 1 aromatic carbocycles. The predicted octanol–water partition coefficient (Wildman–Crippen LogP) is 2.93. The lowest BCUT2D eigenvalue weighted by molar-refractivity contribution is 0.385. The third kappa shape index (κ3) is 3.09. The maximum Gasteiger partial charge on any atom is 0.165 e. The van der Waals surface area contributed by atoms with E-state index in [4.69, 9.17) is 4.74 Å². The third-order valence-corrected chi connectivity index (χ3v) is 2.90. The standard InChI is InChI=1S/C15H17FN2O/c1-3-17-15(13-6-4-5-9-18-13)11-7-8-14(19-2)12(16)10-11/h4-10,15,17H,3H2,1-2H3. The van der Waals surface area contributed by atoms with E-state index in [1.807, 2.05) is 31.2 Å². The molecule has 3 nitrogen and oxygen atoms in total. The topological polar surface area (TPSA) is 34.1 Å². The van der Waals surface area contributed by atoms with Crippen LogP contribution in [0.4, 0.5) is 4.39 Å². The van der Waals surface area contributed by atoms with Gasteiger partial charge in [0.1, 0.15) is 0 Å². The van der Waals surface area contributed by atoms with Crippen molar-refractivity contribution in [2.24, 2.45) is 0 Å². The first-order chi connectivity index (χ1) is 9.26. The van der Waals surface area contributed by atoms with Crippen molar-refractivity contribution in [3.8, 4) is 5.75 Å². The van der Waals surface area contributed by atoms with Crippen molar-refractivity contribution in [2.75, 3.05) is 13.7 Å². The van der Waals surface area contributed by atoms with Crippen LogP contribution in [0.1, 0.15) is 24.2 Å². The molecule has 0 fully saturated rings. The first-order valence-corrected chi connectivity index (χ1v) is 6.24. The van der Waals surface area contributed by atoms with E-state index in [1.165, 1.54) is 13.2 Å². The Labute approximate surface area is 112 Å². The van der Waals surface area contributed by atoms with E-state index in [0.717, 1.165) is 17.8 Å². The van der Waals surface area contributed by atoms with Crippen LogP contribution in [0.15, 0.2) is 42.6 Å². The van der Waals surface area contributed by atoms with Crippen molar-refractivity contribution in [3.63, 3.8) is 0 Å². The summed E-state index contributed by atoms with van der Waals surface area (Å²) in [5.41, 5.74) is 1.70. The number of ether oxygens (including phenoxy) is 1. The highest BCUT2D eigenvalue weighted by molar-refractivity contribution is 5.34. The molecule has 0 radical (unpaired) electrons. The molecule has 0 bridgehead atoms. The zero-order chi connectivity index (χ0) is 13.7. The first kappa shape index (κ1) is 13.5. The van der Waals surface area contributed by atoms with Gasteiger partial charge in [0, 0.05) is 6.20 Å². The molecule has 1 aromatic heterocycles. The molecular formula is C15H17FN2O. The minimum atomic E-state index is -0.362. The molecule has 1 unspecified atom stereocenters. The summed E-state index contributed by atoms with van der Waals surface area (Å²) in [6.07, 6.45) is 1.74. The van der Waals surface area contributed by atoms with Crippen molar-refractivity contribution in [2.45, 2.75) is 13.0 Å². The molecular weight excluding hydrogens is 243 g/mol. The number of hydrogen-bond donors (Lipinski definition) is 1. The summed E-state index contributed by atoms with van der Waals surface area (Å²) in [7, 11) is 1.46. The van der Waals surface area contributed by atoms with Crippen LogP contribution >= 0.6 is 0 Å². The smallest absolute Gasteiger partial charge is 0.165 e. The molecule has 19 heavy (non-hydrogen) atoms. The Bertz CT molecular complexity index is 531. The molecule has 2 rings (SSSR count). The number of benzene rings is 1. The number of rotatable bonds is 5. The van der Waals surface area contributed by atoms with Gasteiger partial charge in [-0.25, -0.2) is 4.39 Å². The van der Waals surface area contributed by atoms with Crippen LogP contribution in [0.3, 0.4) is 0 Å². The average molecular weight is 260 g/mol. The number of aromatic nitrogens is 1. The molecule has 2 aromatic rings. The summed E-state index contributed by atoms with van der Waals surface area (Å²) in [5, 5.41) is 3.31. The number of halogens is 1. The largest absolute Gasteiger partial charge is 0.494 e. The number of pyridine rings is 1. The van der Waals surface area contributed by atoms with Gasteiger partial charge in [-0.15, -0.1) is 0 Å². The minimum Gasteiger partial charge on any atom is -0.494 e. The molecule has 0 amide bonds. The lowest BCUT2D eigenvalue weighted by Gasteiger charge is -2.18. The van der Waals surface area contributed by atoms with Gasteiger partial charge in [-0.1, -0.05) is 19.1 Å². The van der Waals surface area contributed by atoms with Gasteiger partial charge in [0.2, 0.25) is 0 Å². The Hall–Kier alpha value is -1.94. The lowest BCUT2D eigenvalue weighted by atomic mass is 10.0. The average Bonchev–Trinajstić information content (AvgIpc) is 2.45. The molecule has 1 N–H and O–H groups in total. The lowest BCUT2D eigenvalue weighted by Crippen LogP contribution is -2.23. The van der Waals surface area contributed by atoms with Gasteiger partial charge < -0.3 is 10.1 Å². The Balaban J connectivity index is 2.37. The maximum atomic E-state index is 13.8. The SMILES string of the molecule is CCNC(c1ccc(OC)c(F)c1)c1ccccn1. The van der Waals surface area contributed by atoms with Gasteiger partial charge in [-0.3, -0.25) is 4.98 Å². The molecule has 0 aliphatic carbocycles. The zero-order valence-corrected chi connectivity index (χ0v) is 11.1. The molecule has 0 saturated heterocycles. The van der Waals surface area contributed by atoms with Crippen molar-refractivity contribution >= 4 is 0 Å². The van der Waals surface area contributed by atoms with E-state index in [9.17, 15) is 4.39 Å². The van der Waals surface area contributed by atoms with Crippen molar-refractivity contribution in [1.82, 2.24) is 10.3 Å². The molecule has 0 aliphatic rings. The third-order valence-electron chi connectivity index (χ3n) is 2.90. The Morgan fingerprint density at radius 3 is 2.74 bits per heavy atom. The van der Waals surface area contributed by atoms with Crippen LogP contribution in [-0.2, 0) is 0 Å². The van der Waals surface area contributed by atoms with Gasteiger partial charge in [-0.2, -0.15) is 0 Å². The fourth-order valence-corrected chi connectivity index (χ4v) is 2.01. The summed E-state index contributed by atoms with van der Waals surface area (Å²) in [6.45, 7) is 2.78. The molecule has 1 heterocycles. The summed E-state index contributed by atoms with van der Waals surface area (Å²) in [6, 6.07) is 10.6. The fourth-order valence-electron chi connectivity index (χ4n) is 2.01. The highest BCUT2D eigenvalue weighted by atomic mass is 19.1. The van der Waals surface area contributed by atoms with Crippen molar-refractivity contribution in [1.29, 1.82) is 0 Å². The van der Waals surface area contributed by atoms with E-state index >= 15 is 0 Å². The van der Waals surface area contributed by atoms with Gasteiger partial charge in [0.25, 0.3) is 0 Å². The number of nitrogens with one attached hydrogen (secondary N) is 1. The predicted molar refractivity (Wildman–Crippen MR) is 72.7 cm³/mol. The van der Waals surface area contributed by atoms with Gasteiger partial charge in [0.15, 0.2) is 11.6 Å². The molecule has 100 valence electrons. The highest BCUT2D eigenvalue weighted by Gasteiger charge is 2.15. The highest BCUT2D eigenvalue weighted by Crippen LogP contribution is 2.25. The second-order valence-electron chi connectivity index (χ2n) is 4.14. The minimum absolute atomic E-state index is 0.119. The maximum absolute atomic E-state index is 13.8. The van der Waals surface area contributed by atoms with Gasteiger partial charge >= 0.3 is 0 Å².